The molecule has 0 radical (unpaired) electrons. The number of ether oxygens (including phenoxy) is 1. The third kappa shape index (κ3) is 20.5. The maximum atomic E-state index is 13.8. The quantitative estimate of drug-likeness (QED) is 0.0140. The van der Waals surface area contributed by atoms with Gasteiger partial charge in [0.25, 0.3) is 5.91 Å². The van der Waals surface area contributed by atoms with Crippen molar-refractivity contribution in [2.45, 2.75) is 112 Å². The SMILES string of the molecule is CN/C(=C\S)C(=O)N[C@@H](CSc1ccccc1)C(=O)Nc1ccc(NC(=O)CCSCc2ccc(NC(=O)[C@H](CCCNC(N)=O)NC(=O)[C@@H](NC(=O)C(C)CCOC3CC(C)SC4CC(=O)N(C3)C4=O)C(C)C)cc2)cc1. The van der Waals surface area contributed by atoms with Crippen LogP contribution < -0.4 is 48.3 Å². The van der Waals surface area contributed by atoms with E-state index in [1.165, 1.54) is 33.8 Å². The Hall–Kier alpha value is -6.21. The summed E-state index contributed by atoms with van der Waals surface area (Å²) in [6, 6.07) is 19.8. The Kier molecular flexibility index (Phi) is 25.7. The Morgan fingerprint density at radius 2 is 1.46 bits per heavy atom. The van der Waals surface area contributed by atoms with Crippen molar-refractivity contribution in [1.82, 2.24) is 31.5 Å². The molecule has 4 unspecified atom stereocenters. The predicted molar refractivity (Wildman–Crippen MR) is 311 cm³/mol. The highest BCUT2D eigenvalue weighted by atomic mass is 32.2. The number of likely N-dealkylation sites (N-methyl/N-ethyl adjacent to an activating group) is 1. The van der Waals surface area contributed by atoms with Crippen LogP contribution in [0.3, 0.4) is 0 Å². The number of amides is 10. The minimum atomic E-state index is -1.04. The third-order valence-corrected chi connectivity index (χ3v) is 16.4. The number of urea groups is 1. The molecular weight excluding hydrogens is 1080 g/mol. The summed E-state index contributed by atoms with van der Waals surface area (Å²) in [5, 5.41) is 23.4. The smallest absolute Gasteiger partial charge is 0.312 e. The number of thiol groups is 1. The number of primary amides is 1. The number of fused-ring (bicyclic) bond motifs is 2. The van der Waals surface area contributed by atoms with Gasteiger partial charge >= 0.3 is 6.03 Å². The molecule has 3 aromatic carbocycles. The summed E-state index contributed by atoms with van der Waals surface area (Å²) in [5.74, 6) is -2.41. The zero-order valence-electron chi connectivity index (χ0n) is 44.5. The van der Waals surface area contributed by atoms with Crippen LogP contribution in [0.2, 0.25) is 0 Å². The molecule has 0 aliphatic carbocycles. The van der Waals surface area contributed by atoms with E-state index >= 15 is 0 Å². The van der Waals surface area contributed by atoms with E-state index < -0.39 is 53.7 Å². The average molecular weight is 1150 g/mol. The molecule has 5 rings (SSSR count). The van der Waals surface area contributed by atoms with Crippen molar-refractivity contribution in [1.29, 1.82) is 0 Å². The van der Waals surface area contributed by atoms with Crippen LogP contribution >= 0.6 is 47.9 Å². The molecule has 422 valence electrons. The largest absolute Gasteiger partial charge is 0.383 e. The Bertz CT molecular complexity index is 2580. The number of hydrogen-bond donors (Lipinski definition) is 10. The van der Waals surface area contributed by atoms with Gasteiger partial charge in [0.2, 0.25) is 41.4 Å². The van der Waals surface area contributed by atoms with Gasteiger partial charge in [-0.3, -0.25) is 43.3 Å². The van der Waals surface area contributed by atoms with Gasteiger partial charge in [-0.05, 0) is 91.1 Å². The van der Waals surface area contributed by atoms with Gasteiger partial charge in [-0.2, -0.15) is 11.8 Å². The van der Waals surface area contributed by atoms with Crippen LogP contribution in [0.1, 0.15) is 71.8 Å². The second-order valence-electron chi connectivity index (χ2n) is 19.2. The molecule has 0 aromatic heterocycles. The third-order valence-electron chi connectivity index (χ3n) is 12.6. The number of benzene rings is 3. The van der Waals surface area contributed by atoms with Crippen LogP contribution in [0.15, 0.2) is 94.9 Å². The number of nitrogens with two attached hydrogens (primary N) is 1. The van der Waals surface area contributed by atoms with Crippen LogP contribution in [0.4, 0.5) is 21.9 Å². The predicted octanol–water partition coefficient (Wildman–Crippen LogP) is 5.23. The van der Waals surface area contributed by atoms with Crippen molar-refractivity contribution >= 4 is 118 Å². The summed E-state index contributed by atoms with van der Waals surface area (Å²) in [7, 11) is 1.58. The van der Waals surface area contributed by atoms with E-state index in [1.54, 1.807) is 76.0 Å². The lowest BCUT2D eigenvalue weighted by atomic mass is 10.00. The first-order valence-corrected chi connectivity index (χ1v) is 29.4. The van der Waals surface area contributed by atoms with E-state index in [-0.39, 0.29) is 96.6 Å². The molecule has 0 saturated carbocycles. The van der Waals surface area contributed by atoms with Gasteiger partial charge in [0.1, 0.15) is 23.8 Å². The van der Waals surface area contributed by atoms with Gasteiger partial charge in [0.15, 0.2) is 0 Å². The molecule has 78 heavy (non-hydrogen) atoms. The molecule has 2 saturated heterocycles. The minimum Gasteiger partial charge on any atom is -0.383 e. The molecule has 0 spiro atoms. The molecule has 2 aliphatic rings. The second-order valence-corrected chi connectivity index (χ2v) is 23.3. The Morgan fingerprint density at radius 1 is 0.821 bits per heavy atom. The molecule has 10 amide bonds. The number of anilines is 3. The maximum absolute atomic E-state index is 13.8. The van der Waals surface area contributed by atoms with E-state index in [4.69, 9.17) is 10.5 Å². The number of thioether (sulfide) groups is 3. The summed E-state index contributed by atoms with van der Waals surface area (Å²) in [5.41, 5.74) is 7.89. The zero-order valence-corrected chi connectivity index (χ0v) is 47.8. The van der Waals surface area contributed by atoms with Crippen molar-refractivity contribution < 1.29 is 47.9 Å². The first-order chi connectivity index (χ1) is 37.3. The number of carbonyl (C=O) groups excluding carboxylic acids is 9. The lowest BCUT2D eigenvalue weighted by Crippen LogP contribution is -2.55. The van der Waals surface area contributed by atoms with E-state index in [9.17, 15) is 43.2 Å². The first kappa shape index (κ1) is 62.6. The highest BCUT2D eigenvalue weighted by molar-refractivity contribution is 8.01. The van der Waals surface area contributed by atoms with E-state index in [0.717, 1.165) is 10.5 Å². The molecule has 2 heterocycles. The summed E-state index contributed by atoms with van der Waals surface area (Å²) in [6.07, 6.45) is 1.51. The van der Waals surface area contributed by atoms with Crippen molar-refractivity contribution in [3.63, 3.8) is 0 Å². The summed E-state index contributed by atoms with van der Waals surface area (Å²) in [4.78, 5) is 119. The van der Waals surface area contributed by atoms with Gasteiger partial charge < -0.3 is 53.0 Å². The number of carbonyl (C=O) groups is 9. The summed E-state index contributed by atoms with van der Waals surface area (Å²) >= 11 is 8.54. The number of hydrogen-bond acceptors (Lipinski definition) is 15. The first-order valence-electron chi connectivity index (χ1n) is 25.8. The molecule has 2 aliphatic heterocycles. The summed E-state index contributed by atoms with van der Waals surface area (Å²) in [6.45, 7) is 7.85. The lowest BCUT2D eigenvalue weighted by Gasteiger charge is -2.29. The molecule has 2 fully saturated rings. The Balaban J connectivity index is 1.06. The van der Waals surface area contributed by atoms with Crippen molar-refractivity contribution in [2.24, 2.45) is 17.6 Å². The Morgan fingerprint density at radius 3 is 2.09 bits per heavy atom. The van der Waals surface area contributed by atoms with Crippen molar-refractivity contribution in [3.8, 4) is 0 Å². The monoisotopic (exact) mass is 1150 g/mol. The minimum absolute atomic E-state index is 0.116. The van der Waals surface area contributed by atoms with Gasteiger partial charge in [-0.25, -0.2) is 4.79 Å². The molecule has 3 aromatic rings. The van der Waals surface area contributed by atoms with Crippen LogP contribution in [0.25, 0.3) is 0 Å². The highest BCUT2D eigenvalue weighted by Gasteiger charge is 2.43. The van der Waals surface area contributed by atoms with Crippen molar-refractivity contribution in [2.75, 3.05) is 54.2 Å². The molecule has 10 N–H and O–H groups in total. The standard InChI is InChI=1S/C54H72N10O10S4/c1-32(2)47(63-48(67)33(3)21-24-74-39-26-34(4)78-44-27-46(66)64(28-39)53(44)72)52(71)61-41(12-9-23-57-54(55)73)49(68)59-37-15-13-35(14-16-37)30-76-25-22-45(65)58-36-17-19-38(20-18-36)60-51(70)43(62-50(69)42(29-75)56-5)31-77-40-10-7-6-8-11-40/h6-8,10-11,13-20,29,32-34,39,41,43-44,47,56,75H,9,12,21-28,30-31H2,1-5H3,(H,58,65)(H,59,68)(H,60,70)(H,61,71)(H,62,69)(H,63,67)(H3,55,57,73)/b42-29-/t33?,34?,39?,41-,43-,44?,47-/m0/s1. The fraction of sp³-hybridized carbons (Fsp3) is 0.463. The number of imide groups is 1. The van der Waals surface area contributed by atoms with Crippen LogP contribution in [0, 0.1) is 11.8 Å². The number of rotatable bonds is 29. The lowest BCUT2D eigenvalue weighted by molar-refractivity contribution is -0.141. The van der Waals surface area contributed by atoms with Gasteiger partial charge in [-0.1, -0.05) is 58.0 Å². The van der Waals surface area contributed by atoms with E-state index in [0.29, 0.717) is 47.8 Å². The summed E-state index contributed by atoms with van der Waals surface area (Å²) < 4.78 is 6.11. The van der Waals surface area contributed by atoms with Crippen LogP contribution in [-0.2, 0) is 48.8 Å². The van der Waals surface area contributed by atoms with Crippen molar-refractivity contribution in [3.05, 3.63) is 95.5 Å². The fourth-order valence-corrected chi connectivity index (χ4v) is 11.6. The van der Waals surface area contributed by atoms with E-state index in [1.807, 2.05) is 49.4 Å². The molecule has 24 heteroatoms. The molecular formula is C54H72N10O10S4. The highest BCUT2D eigenvalue weighted by Crippen LogP contribution is 2.34. The topological polar surface area (TPSA) is 288 Å². The maximum Gasteiger partial charge on any atom is 0.312 e. The van der Waals surface area contributed by atoms with Crippen LogP contribution in [0.5, 0.6) is 0 Å². The van der Waals surface area contributed by atoms with Gasteiger partial charge in [0, 0.05) is 83.4 Å². The molecule has 2 bridgehead atoms. The fourth-order valence-electron chi connectivity index (χ4n) is 8.19. The molecule has 7 atom stereocenters. The average Bonchev–Trinajstić information content (AvgIpc) is 3.74. The number of nitrogens with one attached hydrogen (secondary N) is 8. The van der Waals surface area contributed by atoms with Crippen LogP contribution in [-0.4, -0.2) is 131 Å². The normalized spacial score (nSPS) is 17.8. The Labute approximate surface area is 474 Å². The van der Waals surface area contributed by atoms with Gasteiger partial charge in [0.05, 0.1) is 17.9 Å². The second kappa shape index (κ2) is 32.0. The number of nitrogens with zero attached hydrogens (tertiary/aromatic N) is 1. The molecule has 20 nitrogen and oxygen atoms in total. The van der Waals surface area contributed by atoms with E-state index in [2.05, 4.69) is 55.2 Å². The zero-order chi connectivity index (χ0) is 56.7. The van der Waals surface area contributed by atoms with Gasteiger partial charge in [-0.15, -0.1) is 36.2 Å².